The molecule has 0 bridgehead atoms. The number of amides is 1. The lowest BCUT2D eigenvalue weighted by molar-refractivity contribution is -0.124. The van der Waals surface area contributed by atoms with E-state index in [4.69, 9.17) is 4.74 Å². The summed E-state index contributed by atoms with van der Waals surface area (Å²) in [5.74, 6) is -0.237. The van der Waals surface area contributed by atoms with Crippen molar-refractivity contribution in [2.75, 3.05) is 13.1 Å². The number of hydrogen-bond donors (Lipinski definition) is 0. The topological polar surface area (TPSA) is 59.5 Å². The van der Waals surface area contributed by atoms with E-state index in [2.05, 4.69) is 20.9 Å². The number of halogens is 1. The average molecular weight is 355 g/mol. The molecular formula is C15H19BrN2O3. The van der Waals surface area contributed by atoms with Crippen molar-refractivity contribution in [2.45, 2.75) is 38.7 Å². The van der Waals surface area contributed by atoms with Crippen LogP contribution in [0.1, 0.15) is 38.8 Å². The zero-order valence-electron chi connectivity index (χ0n) is 12.4. The fourth-order valence-corrected chi connectivity index (χ4v) is 2.45. The molecule has 2 heterocycles. The van der Waals surface area contributed by atoms with Gasteiger partial charge >= 0.3 is 6.09 Å². The van der Waals surface area contributed by atoms with Crippen molar-refractivity contribution in [3.63, 3.8) is 0 Å². The molecule has 5 nitrogen and oxygen atoms in total. The average Bonchev–Trinajstić information content (AvgIpc) is 2.38. The Hall–Kier alpha value is -1.43. The van der Waals surface area contributed by atoms with E-state index in [1.807, 2.05) is 32.9 Å². The SMILES string of the molecule is CC(C)(C)OC(=O)N1CCC(c2ccc(Br)cn2)C(=O)C1. The van der Waals surface area contributed by atoms with Gasteiger partial charge in [-0.2, -0.15) is 0 Å². The van der Waals surface area contributed by atoms with Crippen LogP contribution in [0.4, 0.5) is 4.79 Å². The van der Waals surface area contributed by atoms with Crippen LogP contribution in [0.2, 0.25) is 0 Å². The number of carbonyl (C=O) groups excluding carboxylic acids is 2. The van der Waals surface area contributed by atoms with E-state index in [-0.39, 0.29) is 18.2 Å². The number of hydrogen-bond acceptors (Lipinski definition) is 4. The molecule has 1 unspecified atom stereocenters. The maximum Gasteiger partial charge on any atom is 0.410 e. The van der Waals surface area contributed by atoms with Gasteiger partial charge in [-0.3, -0.25) is 9.78 Å². The van der Waals surface area contributed by atoms with Crippen LogP contribution >= 0.6 is 15.9 Å². The van der Waals surface area contributed by atoms with E-state index in [1.165, 1.54) is 4.90 Å². The molecule has 0 N–H and O–H groups in total. The molecule has 21 heavy (non-hydrogen) atoms. The number of pyridine rings is 1. The Bertz CT molecular complexity index is 537. The lowest BCUT2D eigenvalue weighted by Gasteiger charge is -2.32. The van der Waals surface area contributed by atoms with Crippen molar-refractivity contribution in [3.05, 3.63) is 28.5 Å². The molecule has 1 aromatic rings. The van der Waals surface area contributed by atoms with Gasteiger partial charge < -0.3 is 9.64 Å². The number of Topliss-reactive ketones (excluding diaryl/α,β-unsaturated/α-hetero) is 1. The molecule has 0 spiro atoms. The van der Waals surface area contributed by atoms with E-state index in [0.29, 0.717) is 13.0 Å². The minimum absolute atomic E-state index is 0.00179. The molecule has 1 aromatic heterocycles. The number of carbonyl (C=O) groups is 2. The third kappa shape index (κ3) is 4.27. The maximum atomic E-state index is 12.3. The number of nitrogens with zero attached hydrogens (tertiary/aromatic N) is 2. The van der Waals surface area contributed by atoms with Crippen LogP contribution in [-0.4, -0.2) is 40.5 Å². The summed E-state index contributed by atoms with van der Waals surface area (Å²) in [6, 6.07) is 3.71. The van der Waals surface area contributed by atoms with Crippen molar-refractivity contribution in [1.82, 2.24) is 9.88 Å². The molecule has 0 aliphatic carbocycles. The Morgan fingerprint density at radius 2 is 2.14 bits per heavy atom. The Labute approximate surface area is 132 Å². The van der Waals surface area contributed by atoms with Gasteiger partial charge in [-0.05, 0) is 55.3 Å². The van der Waals surface area contributed by atoms with Gasteiger partial charge in [-0.1, -0.05) is 0 Å². The van der Waals surface area contributed by atoms with Gasteiger partial charge in [0.25, 0.3) is 0 Å². The Balaban J connectivity index is 2.01. The van der Waals surface area contributed by atoms with Crippen molar-refractivity contribution < 1.29 is 14.3 Å². The van der Waals surface area contributed by atoms with Crippen LogP contribution in [0, 0.1) is 0 Å². The summed E-state index contributed by atoms with van der Waals surface area (Å²) in [6.07, 6.45) is 1.83. The molecule has 1 atom stereocenters. The Morgan fingerprint density at radius 1 is 1.43 bits per heavy atom. The fourth-order valence-electron chi connectivity index (χ4n) is 2.21. The molecule has 0 aromatic carbocycles. The number of aromatic nitrogens is 1. The summed E-state index contributed by atoms with van der Waals surface area (Å²) in [5.41, 5.74) is 0.205. The molecule has 6 heteroatoms. The van der Waals surface area contributed by atoms with E-state index < -0.39 is 11.7 Å². The van der Waals surface area contributed by atoms with Gasteiger partial charge in [0.1, 0.15) is 5.60 Å². The van der Waals surface area contributed by atoms with E-state index in [0.717, 1.165) is 10.2 Å². The first-order valence-electron chi connectivity index (χ1n) is 6.88. The van der Waals surface area contributed by atoms with Gasteiger partial charge in [-0.15, -0.1) is 0 Å². The van der Waals surface area contributed by atoms with Gasteiger partial charge in [0.2, 0.25) is 0 Å². The van der Waals surface area contributed by atoms with Crippen molar-refractivity contribution >= 4 is 27.8 Å². The second-order valence-electron chi connectivity index (χ2n) is 6.11. The van der Waals surface area contributed by atoms with E-state index >= 15 is 0 Å². The quantitative estimate of drug-likeness (QED) is 0.777. The molecule has 1 amide bonds. The highest BCUT2D eigenvalue weighted by Gasteiger charge is 2.33. The molecular weight excluding hydrogens is 336 g/mol. The first-order valence-corrected chi connectivity index (χ1v) is 7.67. The summed E-state index contributed by atoms with van der Waals surface area (Å²) in [7, 11) is 0. The van der Waals surface area contributed by atoms with Gasteiger partial charge in [0, 0.05) is 17.2 Å². The molecule has 1 fully saturated rings. The molecule has 0 radical (unpaired) electrons. The summed E-state index contributed by atoms with van der Waals surface area (Å²) in [6.45, 7) is 6.02. The van der Waals surface area contributed by atoms with Crippen molar-refractivity contribution in [2.24, 2.45) is 0 Å². The first-order chi connectivity index (χ1) is 9.76. The third-order valence-corrected chi connectivity index (χ3v) is 3.65. The van der Waals surface area contributed by atoms with Gasteiger partial charge in [0.15, 0.2) is 5.78 Å². The smallest absolute Gasteiger partial charge is 0.410 e. The zero-order valence-corrected chi connectivity index (χ0v) is 14.0. The molecule has 1 aliphatic heterocycles. The standard InChI is InChI=1S/C15H19BrN2O3/c1-15(2,3)21-14(20)18-7-6-11(13(19)9-18)12-5-4-10(16)8-17-12/h4-5,8,11H,6-7,9H2,1-3H3. The highest BCUT2D eigenvalue weighted by Crippen LogP contribution is 2.25. The number of likely N-dealkylation sites (tertiary alicyclic amines) is 1. The first kappa shape index (κ1) is 15.9. The second kappa shape index (κ2) is 6.13. The van der Waals surface area contributed by atoms with Gasteiger partial charge in [-0.25, -0.2) is 4.79 Å². The summed E-state index contributed by atoms with van der Waals surface area (Å²) >= 11 is 3.32. The lowest BCUT2D eigenvalue weighted by Crippen LogP contribution is -2.45. The molecule has 1 aliphatic rings. The number of ketones is 1. The number of piperidine rings is 1. The van der Waals surface area contributed by atoms with Crippen molar-refractivity contribution in [1.29, 1.82) is 0 Å². The minimum atomic E-state index is -0.551. The van der Waals surface area contributed by atoms with E-state index in [1.54, 1.807) is 6.20 Å². The molecule has 1 saturated heterocycles. The normalized spacial score (nSPS) is 19.5. The lowest BCUT2D eigenvalue weighted by atomic mass is 9.92. The predicted molar refractivity (Wildman–Crippen MR) is 82.1 cm³/mol. The third-order valence-electron chi connectivity index (χ3n) is 3.18. The summed E-state index contributed by atoms with van der Waals surface area (Å²) in [5, 5.41) is 0. The highest BCUT2D eigenvalue weighted by atomic mass is 79.9. The maximum absolute atomic E-state index is 12.3. The monoisotopic (exact) mass is 354 g/mol. The van der Waals surface area contributed by atoms with E-state index in [9.17, 15) is 9.59 Å². The van der Waals surface area contributed by atoms with Gasteiger partial charge in [0.05, 0.1) is 18.2 Å². The number of rotatable bonds is 1. The molecule has 0 saturated carbocycles. The van der Waals surface area contributed by atoms with Crippen LogP contribution in [0.5, 0.6) is 0 Å². The minimum Gasteiger partial charge on any atom is -0.444 e. The van der Waals surface area contributed by atoms with Crippen molar-refractivity contribution in [3.8, 4) is 0 Å². The van der Waals surface area contributed by atoms with Crippen LogP contribution < -0.4 is 0 Å². The highest BCUT2D eigenvalue weighted by molar-refractivity contribution is 9.10. The van der Waals surface area contributed by atoms with Crippen LogP contribution in [0.3, 0.4) is 0 Å². The summed E-state index contributed by atoms with van der Waals surface area (Å²) < 4.78 is 6.17. The van der Waals surface area contributed by atoms with Crippen LogP contribution in [-0.2, 0) is 9.53 Å². The van der Waals surface area contributed by atoms with Crippen LogP contribution in [0.25, 0.3) is 0 Å². The second-order valence-corrected chi connectivity index (χ2v) is 7.03. The molecule has 2 rings (SSSR count). The fraction of sp³-hybridized carbons (Fsp3) is 0.533. The Kier molecular flexibility index (Phi) is 4.66. The molecule has 114 valence electrons. The predicted octanol–water partition coefficient (Wildman–Crippen LogP) is 3.14. The Morgan fingerprint density at radius 3 is 2.67 bits per heavy atom. The summed E-state index contributed by atoms with van der Waals surface area (Å²) in [4.78, 5) is 30.0. The zero-order chi connectivity index (χ0) is 15.6. The number of ether oxygens (including phenoxy) is 1. The van der Waals surface area contributed by atoms with Crippen LogP contribution in [0.15, 0.2) is 22.8 Å². The largest absolute Gasteiger partial charge is 0.444 e.